The van der Waals surface area contributed by atoms with Crippen LogP contribution in [0.25, 0.3) is 0 Å². The van der Waals surface area contributed by atoms with Gasteiger partial charge in [0.25, 0.3) is 5.91 Å². The van der Waals surface area contributed by atoms with Crippen molar-refractivity contribution in [1.29, 1.82) is 0 Å². The summed E-state index contributed by atoms with van der Waals surface area (Å²) in [5.74, 6) is -0.0527. The van der Waals surface area contributed by atoms with Gasteiger partial charge >= 0.3 is 0 Å². The fourth-order valence-electron chi connectivity index (χ4n) is 2.60. The first kappa shape index (κ1) is 16.0. The van der Waals surface area contributed by atoms with Gasteiger partial charge in [0, 0.05) is 19.1 Å². The maximum absolute atomic E-state index is 11.9. The zero-order valence-corrected chi connectivity index (χ0v) is 14.9. The van der Waals surface area contributed by atoms with Crippen LogP contribution in [0.4, 0.5) is 0 Å². The number of carbonyl (C=O) groups is 1. The summed E-state index contributed by atoms with van der Waals surface area (Å²) in [4.78, 5) is 17.4. The highest BCUT2D eigenvalue weighted by Gasteiger charge is 2.17. The fourth-order valence-corrected chi connectivity index (χ4v) is 3.25. The van der Waals surface area contributed by atoms with E-state index in [1.54, 1.807) is 6.07 Å². The molecule has 0 bridgehead atoms. The number of piperidine rings is 1. The van der Waals surface area contributed by atoms with Crippen LogP contribution in [-0.2, 0) is 0 Å². The number of H-pyrrole nitrogens is 1. The van der Waals surface area contributed by atoms with Crippen molar-refractivity contribution in [3.63, 3.8) is 0 Å². The molecule has 1 saturated heterocycles. The lowest BCUT2D eigenvalue weighted by Crippen LogP contribution is -2.39. The molecule has 6 heteroatoms. The lowest BCUT2D eigenvalue weighted by atomic mass is 10.0. The number of amides is 1. The Balaban J connectivity index is 1.69. The molecule has 0 aromatic carbocycles. The lowest BCUT2D eigenvalue weighted by molar-refractivity contribution is 0.0944. The summed E-state index contributed by atoms with van der Waals surface area (Å²) >= 11 is 6.70. The van der Waals surface area contributed by atoms with Gasteiger partial charge in [-0.25, -0.2) is 0 Å². The number of carbonyl (C=O) groups excluding carboxylic acids is 1. The van der Waals surface area contributed by atoms with E-state index < -0.39 is 0 Å². The van der Waals surface area contributed by atoms with Crippen molar-refractivity contribution in [2.75, 3.05) is 19.6 Å². The summed E-state index contributed by atoms with van der Waals surface area (Å²) in [5, 5.41) is 2.96. The number of aromatic nitrogens is 1. The van der Waals surface area contributed by atoms with E-state index in [2.05, 4.69) is 54.0 Å². The highest BCUT2D eigenvalue weighted by atomic mass is 79.9. The highest BCUT2D eigenvalue weighted by molar-refractivity contribution is 9.13. The average molecular weight is 407 g/mol. The minimum atomic E-state index is -0.0527. The number of hydrogen-bond acceptors (Lipinski definition) is 2. The SMILES string of the molecule is CC1CCCCN1CCCNC(=O)c1cc(Br)c(Br)[nH]1. The third kappa shape index (κ3) is 4.33. The second-order valence-corrected chi connectivity index (χ2v) is 6.98. The van der Waals surface area contributed by atoms with Gasteiger partial charge in [0.15, 0.2) is 0 Å². The van der Waals surface area contributed by atoms with Gasteiger partial charge in [-0.15, -0.1) is 0 Å². The van der Waals surface area contributed by atoms with E-state index >= 15 is 0 Å². The molecule has 2 rings (SSSR count). The minimum Gasteiger partial charge on any atom is -0.351 e. The molecule has 2 heterocycles. The molecule has 1 aromatic heterocycles. The first-order valence-corrected chi connectivity index (χ1v) is 8.73. The predicted octanol–water partition coefficient (Wildman–Crippen LogP) is 3.53. The molecule has 1 amide bonds. The van der Waals surface area contributed by atoms with Gasteiger partial charge in [0.1, 0.15) is 5.69 Å². The molecule has 20 heavy (non-hydrogen) atoms. The summed E-state index contributed by atoms with van der Waals surface area (Å²) in [6, 6.07) is 2.47. The Morgan fingerprint density at radius 1 is 1.50 bits per heavy atom. The van der Waals surface area contributed by atoms with E-state index in [0.717, 1.165) is 28.6 Å². The molecular formula is C14H21Br2N3O. The van der Waals surface area contributed by atoms with Crippen LogP contribution in [0, 0.1) is 0 Å². The van der Waals surface area contributed by atoms with E-state index in [1.807, 2.05) is 0 Å². The van der Waals surface area contributed by atoms with Crippen molar-refractivity contribution in [3.05, 3.63) is 20.8 Å². The van der Waals surface area contributed by atoms with Crippen molar-refractivity contribution >= 4 is 37.8 Å². The topological polar surface area (TPSA) is 48.1 Å². The van der Waals surface area contributed by atoms with E-state index in [4.69, 9.17) is 0 Å². The molecule has 0 aliphatic carbocycles. The van der Waals surface area contributed by atoms with Crippen LogP contribution >= 0.6 is 31.9 Å². The van der Waals surface area contributed by atoms with E-state index in [0.29, 0.717) is 11.7 Å². The first-order chi connectivity index (χ1) is 9.58. The van der Waals surface area contributed by atoms with Crippen LogP contribution in [0.2, 0.25) is 0 Å². The molecule has 2 N–H and O–H groups in total. The van der Waals surface area contributed by atoms with Gasteiger partial charge in [-0.1, -0.05) is 6.42 Å². The van der Waals surface area contributed by atoms with Crippen molar-refractivity contribution in [1.82, 2.24) is 15.2 Å². The lowest BCUT2D eigenvalue weighted by Gasteiger charge is -2.33. The maximum atomic E-state index is 11.9. The molecule has 0 radical (unpaired) electrons. The predicted molar refractivity (Wildman–Crippen MR) is 88.0 cm³/mol. The Labute approximate surface area is 136 Å². The third-order valence-corrected chi connectivity index (χ3v) is 5.60. The number of hydrogen-bond donors (Lipinski definition) is 2. The fraction of sp³-hybridized carbons (Fsp3) is 0.643. The normalized spacial score (nSPS) is 20.1. The van der Waals surface area contributed by atoms with Gasteiger partial charge < -0.3 is 15.2 Å². The molecule has 1 unspecified atom stereocenters. The van der Waals surface area contributed by atoms with Crippen molar-refractivity contribution in [2.24, 2.45) is 0 Å². The van der Waals surface area contributed by atoms with E-state index in [9.17, 15) is 4.79 Å². The number of aromatic amines is 1. The molecule has 1 aliphatic rings. The van der Waals surface area contributed by atoms with Crippen molar-refractivity contribution in [3.8, 4) is 0 Å². The third-order valence-electron chi connectivity index (χ3n) is 3.82. The van der Waals surface area contributed by atoms with Crippen molar-refractivity contribution < 1.29 is 4.79 Å². The van der Waals surface area contributed by atoms with Gasteiger partial charge in [0.05, 0.1) is 9.08 Å². The van der Waals surface area contributed by atoms with Gasteiger partial charge in [-0.05, 0) is 70.7 Å². The van der Waals surface area contributed by atoms with Gasteiger partial charge in [-0.3, -0.25) is 4.79 Å². The number of halogens is 2. The summed E-state index contributed by atoms with van der Waals surface area (Å²) in [5.41, 5.74) is 0.579. The van der Waals surface area contributed by atoms with Crippen LogP contribution < -0.4 is 5.32 Å². The van der Waals surface area contributed by atoms with Crippen LogP contribution in [0.5, 0.6) is 0 Å². The van der Waals surface area contributed by atoms with Gasteiger partial charge in [0.2, 0.25) is 0 Å². The molecule has 0 saturated carbocycles. The van der Waals surface area contributed by atoms with Crippen LogP contribution in [0.3, 0.4) is 0 Å². The second-order valence-electron chi connectivity index (χ2n) is 5.34. The average Bonchev–Trinajstić information content (AvgIpc) is 2.76. The number of nitrogens with zero attached hydrogens (tertiary/aromatic N) is 1. The summed E-state index contributed by atoms with van der Waals surface area (Å²) in [6.45, 7) is 5.28. The molecule has 1 aliphatic heterocycles. The molecular weight excluding hydrogens is 386 g/mol. The van der Waals surface area contributed by atoms with Gasteiger partial charge in [-0.2, -0.15) is 0 Å². The Morgan fingerprint density at radius 3 is 2.95 bits per heavy atom. The quantitative estimate of drug-likeness (QED) is 0.734. The van der Waals surface area contributed by atoms with E-state index in [-0.39, 0.29) is 5.91 Å². The van der Waals surface area contributed by atoms with Crippen LogP contribution in [0.15, 0.2) is 15.1 Å². The molecule has 1 aromatic rings. The zero-order valence-electron chi connectivity index (χ0n) is 11.7. The maximum Gasteiger partial charge on any atom is 0.267 e. The second kappa shape index (κ2) is 7.61. The standard InChI is InChI=1S/C14H21Br2N3O/c1-10-5-2-3-7-19(10)8-4-6-17-14(20)12-9-11(15)13(16)18-12/h9-10,18H,2-8H2,1H3,(H,17,20). The summed E-state index contributed by atoms with van der Waals surface area (Å²) in [7, 11) is 0. The highest BCUT2D eigenvalue weighted by Crippen LogP contribution is 2.23. The molecule has 112 valence electrons. The Bertz CT molecular complexity index is 442. The Kier molecular flexibility index (Phi) is 6.11. The minimum absolute atomic E-state index is 0.0527. The monoisotopic (exact) mass is 405 g/mol. The molecule has 1 atom stereocenters. The summed E-state index contributed by atoms with van der Waals surface area (Å²) in [6.07, 6.45) is 4.96. The number of nitrogens with one attached hydrogen (secondary N) is 2. The molecule has 4 nitrogen and oxygen atoms in total. The molecule has 1 fully saturated rings. The van der Waals surface area contributed by atoms with Crippen molar-refractivity contribution in [2.45, 2.75) is 38.6 Å². The Hall–Kier alpha value is -0.330. The number of likely N-dealkylation sites (tertiary alicyclic amines) is 1. The Morgan fingerprint density at radius 2 is 2.30 bits per heavy atom. The first-order valence-electron chi connectivity index (χ1n) is 7.14. The smallest absolute Gasteiger partial charge is 0.267 e. The zero-order chi connectivity index (χ0) is 14.5. The number of rotatable bonds is 5. The van der Waals surface area contributed by atoms with E-state index in [1.165, 1.54) is 25.8 Å². The van der Waals surface area contributed by atoms with Crippen LogP contribution in [0.1, 0.15) is 43.1 Å². The van der Waals surface area contributed by atoms with Crippen LogP contribution in [-0.4, -0.2) is 41.5 Å². The largest absolute Gasteiger partial charge is 0.351 e. The molecule has 0 spiro atoms. The summed E-state index contributed by atoms with van der Waals surface area (Å²) < 4.78 is 1.66.